The normalized spacial score (nSPS) is 11.0. The molecule has 26 heavy (non-hydrogen) atoms. The third-order valence-corrected chi connectivity index (χ3v) is 3.95. The van der Waals surface area contributed by atoms with Crippen molar-refractivity contribution in [2.45, 2.75) is 39.8 Å². The van der Waals surface area contributed by atoms with E-state index in [-0.39, 0.29) is 24.0 Å². The van der Waals surface area contributed by atoms with Gasteiger partial charge in [0.1, 0.15) is 11.6 Å². The summed E-state index contributed by atoms with van der Waals surface area (Å²) in [5, 5.41) is 10.8. The second kappa shape index (κ2) is 11.0. The molecule has 0 amide bonds. The molecule has 2 heterocycles. The Morgan fingerprint density at radius 2 is 1.88 bits per heavy atom. The fourth-order valence-corrected chi connectivity index (χ4v) is 2.52. The minimum absolute atomic E-state index is 0. The summed E-state index contributed by atoms with van der Waals surface area (Å²) in [4.78, 5) is 10.9. The lowest BCUT2D eigenvalue weighted by Gasteiger charge is -2.14. The molecule has 2 N–H and O–H groups in total. The Morgan fingerprint density at radius 3 is 2.50 bits per heavy atom. The molecule has 0 aliphatic carbocycles. The first-order chi connectivity index (χ1) is 12.1. The van der Waals surface area contributed by atoms with Crippen molar-refractivity contribution in [1.29, 1.82) is 0 Å². The van der Waals surface area contributed by atoms with Crippen molar-refractivity contribution in [2.75, 3.05) is 26.0 Å². The van der Waals surface area contributed by atoms with E-state index in [1.807, 2.05) is 37.2 Å². The fourth-order valence-electron chi connectivity index (χ4n) is 2.52. The smallest absolute Gasteiger partial charge is 0.191 e. The van der Waals surface area contributed by atoms with Crippen LogP contribution in [0.3, 0.4) is 0 Å². The van der Waals surface area contributed by atoms with Crippen LogP contribution in [0.1, 0.15) is 36.6 Å². The predicted molar refractivity (Wildman–Crippen MR) is 116 cm³/mol. The Morgan fingerprint density at radius 1 is 1.15 bits per heavy atom. The summed E-state index contributed by atoms with van der Waals surface area (Å²) >= 11 is 0. The first-order valence-electron chi connectivity index (χ1n) is 8.63. The molecule has 8 heteroatoms. The molecule has 0 saturated heterocycles. The third kappa shape index (κ3) is 5.86. The quantitative estimate of drug-likeness (QED) is 0.367. The number of pyridine rings is 1. The van der Waals surface area contributed by atoms with Gasteiger partial charge in [-0.2, -0.15) is 0 Å². The number of anilines is 1. The monoisotopic (exact) mass is 472 g/mol. The molecule has 0 bridgehead atoms. The minimum atomic E-state index is 0. The van der Waals surface area contributed by atoms with Gasteiger partial charge in [-0.05, 0) is 18.6 Å². The van der Waals surface area contributed by atoms with E-state index < -0.39 is 0 Å². The zero-order valence-electron chi connectivity index (χ0n) is 16.2. The van der Waals surface area contributed by atoms with Gasteiger partial charge in [0.2, 0.25) is 0 Å². The Kier molecular flexibility index (Phi) is 9.39. The summed E-state index contributed by atoms with van der Waals surface area (Å²) in [5.41, 5.74) is 3.09. The van der Waals surface area contributed by atoms with Gasteiger partial charge in [-0.3, -0.25) is 4.99 Å². The molecule has 2 rings (SSSR count). The van der Waals surface area contributed by atoms with Crippen LogP contribution in [0.4, 0.5) is 5.82 Å². The van der Waals surface area contributed by atoms with Gasteiger partial charge in [-0.1, -0.05) is 25.1 Å². The first-order valence-corrected chi connectivity index (χ1v) is 8.63. The van der Waals surface area contributed by atoms with Crippen LogP contribution in [0, 0.1) is 0 Å². The molecule has 0 saturated carbocycles. The molecule has 0 aromatic carbocycles. The Balaban J connectivity index is 0.00000338. The van der Waals surface area contributed by atoms with Gasteiger partial charge in [-0.25, -0.2) is 4.98 Å². The summed E-state index contributed by atoms with van der Waals surface area (Å²) in [6.45, 7) is 5.39. The summed E-state index contributed by atoms with van der Waals surface area (Å²) in [6.07, 6.45) is 1.69. The SMILES string of the molecule is CCc1noc(CC)c1CNC(=NC)NCc1cccc(N(C)C)n1.I. The molecule has 0 radical (unpaired) electrons. The fraction of sp³-hybridized carbons (Fsp3) is 0.500. The highest BCUT2D eigenvalue weighted by Crippen LogP contribution is 2.15. The second-order valence-electron chi connectivity index (χ2n) is 5.90. The van der Waals surface area contributed by atoms with Gasteiger partial charge in [0, 0.05) is 39.7 Å². The Hall–Kier alpha value is -1.84. The van der Waals surface area contributed by atoms with Crippen LogP contribution < -0.4 is 15.5 Å². The first kappa shape index (κ1) is 22.2. The molecular formula is C18H29IN6O. The molecule has 0 spiro atoms. The lowest BCUT2D eigenvalue weighted by Crippen LogP contribution is -2.36. The van der Waals surface area contributed by atoms with E-state index >= 15 is 0 Å². The maximum Gasteiger partial charge on any atom is 0.191 e. The van der Waals surface area contributed by atoms with E-state index in [9.17, 15) is 0 Å². The van der Waals surface area contributed by atoms with E-state index in [1.165, 1.54) is 0 Å². The van der Waals surface area contributed by atoms with Crippen LogP contribution in [-0.4, -0.2) is 37.2 Å². The largest absolute Gasteiger partial charge is 0.363 e. The molecule has 0 unspecified atom stereocenters. The highest BCUT2D eigenvalue weighted by molar-refractivity contribution is 14.0. The van der Waals surface area contributed by atoms with E-state index in [2.05, 4.69) is 39.6 Å². The van der Waals surface area contributed by atoms with E-state index in [4.69, 9.17) is 4.52 Å². The van der Waals surface area contributed by atoms with Crippen LogP contribution in [0.15, 0.2) is 27.7 Å². The molecule has 0 aliphatic rings. The number of halogens is 1. The van der Waals surface area contributed by atoms with E-state index in [0.29, 0.717) is 13.1 Å². The zero-order valence-corrected chi connectivity index (χ0v) is 18.5. The van der Waals surface area contributed by atoms with E-state index in [0.717, 1.165) is 47.3 Å². The Bertz CT molecular complexity index is 692. The van der Waals surface area contributed by atoms with Gasteiger partial charge in [-0.15, -0.1) is 24.0 Å². The van der Waals surface area contributed by atoms with Gasteiger partial charge < -0.3 is 20.1 Å². The molecular weight excluding hydrogens is 443 g/mol. The van der Waals surface area contributed by atoms with Crippen molar-refractivity contribution in [3.05, 3.63) is 40.9 Å². The van der Waals surface area contributed by atoms with Crippen molar-refractivity contribution >= 4 is 35.8 Å². The standard InChI is InChI=1S/C18H28N6O.HI/c1-6-15-14(16(7-2)25-23-15)12-21-18(19-3)20-11-13-9-8-10-17(22-13)24(4)5;/h8-10H,6-7,11-12H2,1-5H3,(H2,19,20,21);1H. The maximum atomic E-state index is 5.40. The highest BCUT2D eigenvalue weighted by atomic mass is 127. The van der Waals surface area contributed by atoms with Crippen LogP contribution in [0.5, 0.6) is 0 Å². The number of guanidine groups is 1. The van der Waals surface area contributed by atoms with Crippen molar-refractivity contribution in [2.24, 2.45) is 4.99 Å². The molecule has 2 aromatic heterocycles. The average Bonchev–Trinajstić information content (AvgIpc) is 3.04. The van der Waals surface area contributed by atoms with Crippen LogP contribution in [-0.2, 0) is 25.9 Å². The zero-order chi connectivity index (χ0) is 18.2. The number of nitrogens with zero attached hydrogens (tertiary/aromatic N) is 4. The van der Waals surface area contributed by atoms with Crippen molar-refractivity contribution in [1.82, 2.24) is 20.8 Å². The van der Waals surface area contributed by atoms with Gasteiger partial charge in [0.05, 0.1) is 17.9 Å². The number of hydrogen-bond acceptors (Lipinski definition) is 5. The topological polar surface area (TPSA) is 78.6 Å². The second-order valence-corrected chi connectivity index (χ2v) is 5.90. The number of aliphatic imine (C=N–C) groups is 1. The number of nitrogens with one attached hydrogen (secondary N) is 2. The third-order valence-electron chi connectivity index (χ3n) is 3.95. The molecule has 144 valence electrons. The summed E-state index contributed by atoms with van der Waals surface area (Å²) in [7, 11) is 5.72. The highest BCUT2D eigenvalue weighted by Gasteiger charge is 2.13. The molecule has 2 aromatic rings. The summed E-state index contributed by atoms with van der Waals surface area (Å²) < 4.78 is 5.40. The summed E-state index contributed by atoms with van der Waals surface area (Å²) in [6, 6.07) is 5.99. The van der Waals surface area contributed by atoms with E-state index in [1.54, 1.807) is 7.05 Å². The lowest BCUT2D eigenvalue weighted by molar-refractivity contribution is 0.380. The van der Waals surface area contributed by atoms with Gasteiger partial charge >= 0.3 is 0 Å². The molecule has 0 fully saturated rings. The maximum absolute atomic E-state index is 5.40. The summed E-state index contributed by atoms with van der Waals surface area (Å²) in [5.74, 6) is 2.59. The molecule has 0 atom stereocenters. The van der Waals surface area contributed by atoms with Gasteiger partial charge in [0.15, 0.2) is 5.96 Å². The predicted octanol–water partition coefficient (Wildman–Crippen LogP) is 2.74. The molecule has 0 aliphatic heterocycles. The number of rotatable bonds is 7. The number of aromatic nitrogens is 2. The number of aryl methyl sites for hydroxylation is 2. The van der Waals surface area contributed by atoms with Crippen molar-refractivity contribution in [3.63, 3.8) is 0 Å². The Labute approximate surface area is 172 Å². The van der Waals surface area contributed by atoms with Crippen LogP contribution >= 0.6 is 24.0 Å². The van der Waals surface area contributed by atoms with Crippen molar-refractivity contribution in [3.8, 4) is 0 Å². The molecule has 7 nitrogen and oxygen atoms in total. The lowest BCUT2D eigenvalue weighted by atomic mass is 10.1. The van der Waals surface area contributed by atoms with Crippen molar-refractivity contribution < 1.29 is 4.52 Å². The number of hydrogen-bond donors (Lipinski definition) is 2. The average molecular weight is 472 g/mol. The minimum Gasteiger partial charge on any atom is -0.363 e. The van der Waals surface area contributed by atoms with Gasteiger partial charge in [0.25, 0.3) is 0 Å². The van der Waals surface area contributed by atoms with Crippen LogP contribution in [0.25, 0.3) is 0 Å². The van der Waals surface area contributed by atoms with Crippen LogP contribution in [0.2, 0.25) is 0 Å².